The zero-order chi connectivity index (χ0) is 12.6. The number of halogens is 2. The fourth-order valence-corrected chi connectivity index (χ4v) is 1.26. The van der Waals surface area contributed by atoms with Gasteiger partial charge in [-0.2, -0.15) is 0 Å². The number of aliphatic carboxylic acids is 1. The Morgan fingerprint density at radius 2 is 1.62 bits per heavy atom. The quantitative estimate of drug-likeness (QED) is 0.862. The summed E-state index contributed by atoms with van der Waals surface area (Å²) in [6.07, 6.45) is 0. The van der Waals surface area contributed by atoms with Gasteiger partial charge in [0.05, 0.1) is 0 Å². The average Bonchev–Trinajstić information content (AvgIpc) is 2.17. The summed E-state index contributed by atoms with van der Waals surface area (Å²) in [4.78, 5) is 10.8. The molecule has 0 amide bonds. The third kappa shape index (κ3) is 1.92. The Bertz CT molecular complexity index is 394. The number of carbonyl (C=O) groups is 1. The van der Waals surface area contributed by atoms with E-state index < -0.39 is 17.3 Å². The van der Waals surface area contributed by atoms with E-state index in [1.165, 1.54) is 12.1 Å². The number of aryl methyl sites for hydroxylation is 1. The van der Waals surface area contributed by atoms with E-state index in [1.807, 2.05) is 0 Å². The van der Waals surface area contributed by atoms with Crippen molar-refractivity contribution >= 4 is 5.97 Å². The Labute approximate surface area is 92.9 Å². The molecule has 1 rings (SSSR count). The van der Waals surface area contributed by atoms with Crippen LogP contribution in [0.2, 0.25) is 0 Å². The molecule has 1 aromatic rings. The van der Waals surface area contributed by atoms with Gasteiger partial charge in [-0.1, -0.05) is 29.8 Å². The Hall–Kier alpha value is -1.45. The molecule has 2 nitrogen and oxygen atoms in total. The molecule has 0 atom stereocenters. The third-order valence-electron chi connectivity index (χ3n) is 2.73. The van der Waals surface area contributed by atoms with Crippen molar-refractivity contribution in [1.29, 1.82) is 0 Å². The first-order valence-electron chi connectivity index (χ1n) is 4.88. The lowest BCUT2D eigenvalue weighted by atomic mass is 9.81. The van der Waals surface area contributed by atoms with Crippen molar-refractivity contribution in [3.05, 3.63) is 35.4 Å². The molecule has 0 aliphatic rings. The second-order valence-electron chi connectivity index (χ2n) is 4.37. The standard InChI is InChI=1S/C12H14F2O2/c1-8-4-6-9(7-5-8)12(13,14)11(2,3)10(15)16/h4-7H,1-3H3,(H,15,16). The summed E-state index contributed by atoms with van der Waals surface area (Å²) in [6.45, 7) is 3.83. The molecule has 0 bridgehead atoms. The van der Waals surface area contributed by atoms with E-state index in [1.54, 1.807) is 19.1 Å². The maximum atomic E-state index is 13.9. The van der Waals surface area contributed by atoms with Gasteiger partial charge in [0.15, 0.2) is 0 Å². The van der Waals surface area contributed by atoms with Crippen molar-refractivity contribution in [2.45, 2.75) is 26.7 Å². The first-order valence-corrected chi connectivity index (χ1v) is 4.88. The molecule has 16 heavy (non-hydrogen) atoms. The summed E-state index contributed by atoms with van der Waals surface area (Å²) in [5.41, 5.74) is -1.54. The van der Waals surface area contributed by atoms with Crippen molar-refractivity contribution in [3.63, 3.8) is 0 Å². The van der Waals surface area contributed by atoms with Crippen LogP contribution >= 0.6 is 0 Å². The maximum Gasteiger partial charge on any atom is 0.315 e. The van der Waals surface area contributed by atoms with E-state index in [4.69, 9.17) is 5.11 Å². The molecule has 4 heteroatoms. The Morgan fingerprint density at radius 3 is 2.00 bits per heavy atom. The lowest BCUT2D eigenvalue weighted by Crippen LogP contribution is -2.40. The van der Waals surface area contributed by atoms with Crippen LogP contribution in [0.5, 0.6) is 0 Å². The molecule has 0 unspecified atom stereocenters. The molecule has 1 aromatic carbocycles. The van der Waals surface area contributed by atoms with E-state index in [0.29, 0.717) is 0 Å². The van der Waals surface area contributed by atoms with Crippen LogP contribution in [0, 0.1) is 12.3 Å². The minimum Gasteiger partial charge on any atom is -0.481 e. The van der Waals surface area contributed by atoms with Crippen LogP contribution in [0.15, 0.2) is 24.3 Å². The molecule has 0 heterocycles. The number of carboxylic acids is 1. The molecule has 0 spiro atoms. The van der Waals surface area contributed by atoms with Crippen LogP contribution in [-0.2, 0) is 10.7 Å². The maximum absolute atomic E-state index is 13.9. The summed E-state index contributed by atoms with van der Waals surface area (Å²) < 4.78 is 27.9. The largest absolute Gasteiger partial charge is 0.481 e. The third-order valence-corrected chi connectivity index (χ3v) is 2.73. The summed E-state index contributed by atoms with van der Waals surface area (Å²) in [7, 11) is 0. The fraction of sp³-hybridized carbons (Fsp3) is 0.417. The van der Waals surface area contributed by atoms with Gasteiger partial charge in [-0.15, -0.1) is 0 Å². The van der Waals surface area contributed by atoms with Crippen LogP contribution in [0.4, 0.5) is 8.78 Å². The molecule has 0 saturated carbocycles. The lowest BCUT2D eigenvalue weighted by molar-refractivity contribution is -0.175. The van der Waals surface area contributed by atoms with Crippen molar-refractivity contribution in [2.75, 3.05) is 0 Å². The molecule has 0 fully saturated rings. The number of hydrogen-bond acceptors (Lipinski definition) is 1. The minimum atomic E-state index is -3.40. The molecule has 1 N–H and O–H groups in total. The zero-order valence-electron chi connectivity index (χ0n) is 9.42. The zero-order valence-corrected chi connectivity index (χ0v) is 9.42. The normalized spacial score (nSPS) is 12.6. The van der Waals surface area contributed by atoms with Gasteiger partial charge < -0.3 is 5.11 Å². The van der Waals surface area contributed by atoms with Gasteiger partial charge in [0.25, 0.3) is 5.92 Å². The van der Waals surface area contributed by atoms with Gasteiger partial charge in [0.1, 0.15) is 5.41 Å². The van der Waals surface area contributed by atoms with Gasteiger partial charge in [-0.3, -0.25) is 4.79 Å². The fourth-order valence-electron chi connectivity index (χ4n) is 1.26. The second kappa shape index (κ2) is 3.85. The summed E-state index contributed by atoms with van der Waals surface area (Å²) >= 11 is 0. The molecule has 0 radical (unpaired) electrons. The molecule has 0 aliphatic carbocycles. The minimum absolute atomic E-state index is 0.273. The van der Waals surface area contributed by atoms with Gasteiger partial charge in [0, 0.05) is 5.56 Å². The highest BCUT2D eigenvalue weighted by Gasteiger charge is 2.53. The second-order valence-corrected chi connectivity index (χ2v) is 4.37. The Morgan fingerprint density at radius 1 is 1.19 bits per heavy atom. The summed E-state index contributed by atoms with van der Waals surface area (Å²) in [5.74, 6) is -4.91. The first kappa shape index (κ1) is 12.6. The monoisotopic (exact) mass is 228 g/mol. The predicted octanol–water partition coefficient (Wildman–Crippen LogP) is 3.20. The van der Waals surface area contributed by atoms with E-state index in [0.717, 1.165) is 19.4 Å². The highest BCUT2D eigenvalue weighted by atomic mass is 19.3. The molecule has 88 valence electrons. The van der Waals surface area contributed by atoms with Gasteiger partial charge >= 0.3 is 5.97 Å². The number of hydrogen-bond donors (Lipinski definition) is 1. The molecule has 0 aliphatic heterocycles. The lowest BCUT2D eigenvalue weighted by Gasteiger charge is -2.30. The summed E-state index contributed by atoms with van der Waals surface area (Å²) in [5, 5.41) is 8.81. The molecule has 0 saturated heterocycles. The van der Waals surface area contributed by atoms with E-state index in [-0.39, 0.29) is 5.56 Å². The molecular formula is C12H14F2O2. The van der Waals surface area contributed by atoms with Crippen LogP contribution in [-0.4, -0.2) is 11.1 Å². The van der Waals surface area contributed by atoms with Crippen molar-refractivity contribution < 1.29 is 18.7 Å². The van der Waals surface area contributed by atoms with Crippen molar-refractivity contribution in [2.24, 2.45) is 5.41 Å². The van der Waals surface area contributed by atoms with E-state index in [2.05, 4.69) is 0 Å². The Balaban J connectivity index is 3.20. The van der Waals surface area contributed by atoms with E-state index in [9.17, 15) is 13.6 Å². The van der Waals surface area contributed by atoms with Crippen molar-refractivity contribution in [1.82, 2.24) is 0 Å². The van der Waals surface area contributed by atoms with Crippen LogP contribution in [0.25, 0.3) is 0 Å². The van der Waals surface area contributed by atoms with Crippen molar-refractivity contribution in [3.8, 4) is 0 Å². The van der Waals surface area contributed by atoms with Crippen LogP contribution < -0.4 is 0 Å². The van der Waals surface area contributed by atoms with E-state index >= 15 is 0 Å². The number of rotatable bonds is 3. The highest BCUT2D eigenvalue weighted by molar-refractivity contribution is 5.75. The van der Waals surface area contributed by atoms with Gasteiger partial charge in [0.2, 0.25) is 0 Å². The molecular weight excluding hydrogens is 214 g/mol. The van der Waals surface area contributed by atoms with Gasteiger partial charge in [-0.05, 0) is 20.8 Å². The number of alkyl halides is 2. The average molecular weight is 228 g/mol. The van der Waals surface area contributed by atoms with Crippen LogP contribution in [0.1, 0.15) is 25.0 Å². The number of benzene rings is 1. The smallest absolute Gasteiger partial charge is 0.315 e. The topological polar surface area (TPSA) is 37.3 Å². The first-order chi connectivity index (χ1) is 7.19. The highest BCUT2D eigenvalue weighted by Crippen LogP contribution is 2.44. The predicted molar refractivity (Wildman–Crippen MR) is 56.5 cm³/mol. The Kier molecular flexibility index (Phi) is 3.03. The van der Waals surface area contributed by atoms with Crippen LogP contribution in [0.3, 0.4) is 0 Å². The SMILES string of the molecule is Cc1ccc(C(F)(F)C(C)(C)C(=O)O)cc1. The summed E-state index contributed by atoms with van der Waals surface area (Å²) in [6, 6.07) is 5.61. The number of carboxylic acid groups (broad SMARTS) is 1. The van der Waals surface area contributed by atoms with Gasteiger partial charge in [-0.25, -0.2) is 8.78 Å². The molecule has 0 aromatic heterocycles.